The van der Waals surface area contributed by atoms with Gasteiger partial charge in [0, 0.05) is 30.3 Å². The summed E-state index contributed by atoms with van der Waals surface area (Å²) in [5, 5.41) is 2.77. The molecule has 0 fully saturated rings. The highest BCUT2D eigenvalue weighted by atomic mass is 32.2. The number of carbonyl (C=O) groups excluding carboxylic acids is 2. The van der Waals surface area contributed by atoms with Gasteiger partial charge in [-0.05, 0) is 74.2 Å². The summed E-state index contributed by atoms with van der Waals surface area (Å²) in [4.78, 5) is 26.4. The van der Waals surface area contributed by atoms with Crippen molar-refractivity contribution in [2.45, 2.75) is 57.9 Å². The normalized spacial score (nSPS) is 15.7. The first kappa shape index (κ1) is 22.0. The maximum Gasteiger partial charge on any atom is 0.226 e. The average Bonchev–Trinajstić information content (AvgIpc) is 3.00. The predicted octanol–water partition coefficient (Wildman–Crippen LogP) is 3.79. The van der Waals surface area contributed by atoms with Crippen molar-refractivity contribution < 1.29 is 18.0 Å². The lowest BCUT2D eigenvalue weighted by Gasteiger charge is -2.22. The molecule has 6 nitrogen and oxygen atoms in total. The highest BCUT2D eigenvalue weighted by Crippen LogP contribution is 2.34. The second-order valence-electron chi connectivity index (χ2n) is 7.95. The molecule has 30 heavy (non-hydrogen) atoms. The number of aryl methyl sites for hydroxylation is 2. The molecule has 160 valence electrons. The van der Waals surface area contributed by atoms with Crippen LogP contribution in [-0.4, -0.2) is 32.0 Å². The van der Waals surface area contributed by atoms with Gasteiger partial charge in [-0.2, -0.15) is 0 Å². The van der Waals surface area contributed by atoms with Crippen molar-refractivity contribution in [2.75, 3.05) is 16.0 Å². The molecule has 1 unspecified atom stereocenters. The molecule has 1 N–H and O–H groups in total. The molecule has 2 aromatic rings. The van der Waals surface area contributed by atoms with Crippen LogP contribution in [0.15, 0.2) is 41.3 Å². The number of nitrogens with one attached hydrogen (secondary N) is 1. The molecule has 1 aliphatic heterocycles. The largest absolute Gasteiger partial charge is 0.326 e. The van der Waals surface area contributed by atoms with Crippen molar-refractivity contribution in [2.24, 2.45) is 0 Å². The Kier molecular flexibility index (Phi) is 6.31. The first-order chi connectivity index (χ1) is 14.1. The number of sulfone groups is 1. The predicted molar refractivity (Wildman–Crippen MR) is 119 cm³/mol. The molecule has 1 aliphatic rings. The van der Waals surface area contributed by atoms with Crippen LogP contribution in [-0.2, 0) is 25.8 Å². The Morgan fingerprint density at radius 2 is 1.77 bits per heavy atom. The molecule has 0 aliphatic carbocycles. The van der Waals surface area contributed by atoms with Crippen molar-refractivity contribution in [1.82, 2.24) is 0 Å². The van der Waals surface area contributed by atoms with Crippen LogP contribution in [0.3, 0.4) is 0 Å². The summed E-state index contributed by atoms with van der Waals surface area (Å²) in [5.74, 6) is -0.576. The summed E-state index contributed by atoms with van der Waals surface area (Å²) in [6.07, 6.45) is 0.903. The van der Waals surface area contributed by atoms with E-state index in [1.54, 1.807) is 17.0 Å². The molecule has 1 heterocycles. The first-order valence-electron chi connectivity index (χ1n) is 10.2. The maximum absolute atomic E-state index is 12.8. The van der Waals surface area contributed by atoms with Gasteiger partial charge in [-0.3, -0.25) is 9.59 Å². The van der Waals surface area contributed by atoms with Crippen molar-refractivity contribution in [3.8, 4) is 0 Å². The summed E-state index contributed by atoms with van der Waals surface area (Å²) in [5.41, 5.74) is 4.36. The lowest BCUT2D eigenvalue weighted by molar-refractivity contribution is -0.118. The van der Waals surface area contributed by atoms with Crippen LogP contribution < -0.4 is 10.2 Å². The van der Waals surface area contributed by atoms with Gasteiger partial charge in [-0.15, -0.1) is 0 Å². The molecule has 0 radical (unpaired) electrons. The summed E-state index contributed by atoms with van der Waals surface area (Å²) < 4.78 is 25.6. The number of rotatable bonds is 6. The van der Waals surface area contributed by atoms with E-state index in [0.717, 1.165) is 22.4 Å². The van der Waals surface area contributed by atoms with Crippen LogP contribution in [0, 0.1) is 13.8 Å². The number of anilines is 2. The number of fused-ring (bicyclic) bond motifs is 1. The molecule has 0 aromatic heterocycles. The Morgan fingerprint density at radius 1 is 1.10 bits per heavy atom. The van der Waals surface area contributed by atoms with E-state index >= 15 is 0 Å². The second-order valence-corrected chi connectivity index (χ2v) is 10.1. The van der Waals surface area contributed by atoms with E-state index in [1.807, 2.05) is 45.9 Å². The fourth-order valence-corrected chi connectivity index (χ4v) is 5.25. The van der Waals surface area contributed by atoms with Gasteiger partial charge in [-0.25, -0.2) is 8.42 Å². The smallest absolute Gasteiger partial charge is 0.226 e. The number of amides is 2. The third kappa shape index (κ3) is 4.73. The number of hydrogen-bond acceptors (Lipinski definition) is 4. The molecule has 1 atom stereocenters. The van der Waals surface area contributed by atoms with Crippen molar-refractivity contribution in [3.05, 3.63) is 53.1 Å². The van der Waals surface area contributed by atoms with E-state index in [1.165, 1.54) is 6.07 Å². The van der Waals surface area contributed by atoms with Crippen LogP contribution in [0.1, 0.15) is 43.4 Å². The Balaban J connectivity index is 1.70. The molecular weight excluding hydrogens is 400 g/mol. The standard InChI is InChI=1S/C23H28N2O4S/c1-5-23(27)25-17(4)13-18-14-20(6-7-21(18)25)30(28,29)9-8-22(26)24-19-11-15(2)10-16(3)12-19/h6-7,10-12,14,17H,5,8-9,13H2,1-4H3,(H,24,26). The zero-order valence-electron chi connectivity index (χ0n) is 17.9. The van der Waals surface area contributed by atoms with Gasteiger partial charge in [0.15, 0.2) is 9.84 Å². The first-order valence-corrected chi connectivity index (χ1v) is 11.8. The third-order valence-corrected chi connectivity index (χ3v) is 7.01. The second kappa shape index (κ2) is 8.60. The molecular formula is C23H28N2O4S. The van der Waals surface area contributed by atoms with Crippen molar-refractivity contribution in [3.63, 3.8) is 0 Å². The quantitative estimate of drug-likeness (QED) is 0.759. The van der Waals surface area contributed by atoms with E-state index in [0.29, 0.717) is 18.5 Å². The summed E-state index contributed by atoms with van der Waals surface area (Å²) in [7, 11) is -3.61. The molecule has 0 spiro atoms. The maximum atomic E-state index is 12.8. The van der Waals surface area contributed by atoms with Crippen molar-refractivity contribution in [1.29, 1.82) is 0 Å². The minimum Gasteiger partial charge on any atom is -0.326 e. The average molecular weight is 429 g/mol. The van der Waals surface area contributed by atoms with E-state index in [9.17, 15) is 18.0 Å². The molecule has 0 saturated carbocycles. The van der Waals surface area contributed by atoms with Gasteiger partial charge >= 0.3 is 0 Å². The summed E-state index contributed by atoms with van der Waals surface area (Å²) >= 11 is 0. The highest BCUT2D eigenvalue weighted by molar-refractivity contribution is 7.91. The monoisotopic (exact) mass is 428 g/mol. The van der Waals surface area contributed by atoms with E-state index < -0.39 is 9.84 Å². The van der Waals surface area contributed by atoms with Gasteiger partial charge in [0.2, 0.25) is 11.8 Å². The van der Waals surface area contributed by atoms with Gasteiger partial charge in [0.05, 0.1) is 10.6 Å². The molecule has 0 saturated heterocycles. The van der Waals surface area contributed by atoms with E-state index in [-0.39, 0.29) is 34.9 Å². The molecule has 2 aromatic carbocycles. The summed E-state index contributed by atoms with van der Waals surface area (Å²) in [6, 6.07) is 10.6. The van der Waals surface area contributed by atoms with Gasteiger partial charge in [-0.1, -0.05) is 13.0 Å². The minimum absolute atomic E-state index is 0.00830. The topological polar surface area (TPSA) is 83.6 Å². The number of hydrogen-bond donors (Lipinski definition) is 1. The fraction of sp³-hybridized carbons (Fsp3) is 0.391. The zero-order valence-corrected chi connectivity index (χ0v) is 18.7. The lowest BCUT2D eigenvalue weighted by atomic mass is 10.1. The van der Waals surface area contributed by atoms with Crippen LogP contribution in [0.2, 0.25) is 0 Å². The van der Waals surface area contributed by atoms with Crippen LogP contribution in [0.25, 0.3) is 0 Å². The highest BCUT2D eigenvalue weighted by Gasteiger charge is 2.31. The lowest BCUT2D eigenvalue weighted by Crippen LogP contribution is -2.35. The van der Waals surface area contributed by atoms with Crippen molar-refractivity contribution >= 4 is 33.0 Å². The van der Waals surface area contributed by atoms with Gasteiger partial charge in [0.25, 0.3) is 0 Å². The molecule has 3 rings (SSSR count). The molecule has 2 amide bonds. The zero-order chi connectivity index (χ0) is 22.1. The molecule has 7 heteroatoms. The Labute approximate surface area is 178 Å². The van der Waals surface area contributed by atoms with Crippen LogP contribution in [0.5, 0.6) is 0 Å². The number of carbonyl (C=O) groups is 2. The van der Waals surface area contributed by atoms with Gasteiger partial charge < -0.3 is 10.2 Å². The fourth-order valence-electron chi connectivity index (χ4n) is 3.97. The minimum atomic E-state index is -3.61. The summed E-state index contributed by atoms with van der Waals surface area (Å²) in [6.45, 7) is 7.65. The van der Waals surface area contributed by atoms with Crippen LogP contribution in [0.4, 0.5) is 11.4 Å². The van der Waals surface area contributed by atoms with E-state index in [4.69, 9.17) is 0 Å². The van der Waals surface area contributed by atoms with E-state index in [2.05, 4.69) is 5.32 Å². The molecule has 0 bridgehead atoms. The number of nitrogens with zero attached hydrogens (tertiary/aromatic N) is 1. The van der Waals surface area contributed by atoms with Crippen LogP contribution >= 0.6 is 0 Å². The number of benzene rings is 2. The Hall–Kier alpha value is -2.67. The van der Waals surface area contributed by atoms with Gasteiger partial charge in [0.1, 0.15) is 0 Å². The Morgan fingerprint density at radius 3 is 2.40 bits per heavy atom. The third-order valence-electron chi connectivity index (χ3n) is 5.30. The SMILES string of the molecule is CCC(=O)N1c2ccc(S(=O)(=O)CCC(=O)Nc3cc(C)cc(C)c3)cc2CC1C. The Bertz CT molecular complexity index is 1070.